The molecule has 0 aromatic carbocycles. The van der Waals surface area contributed by atoms with Crippen LogP contribution in [0.1, 0.15) is 21.7 Å². The van der Waals surface area contributed by atoms with Gasteiger partial charge in [0.2, 0.25) is 5.91 Å². The largest absolute Gasteiger partial charge is 0.315 e. The van der Waals surface area contributed by atoms with E-state index >= 15 is 0 Å². The lowest BCUT2D eigenvalue weighted by Gasteiger charge is -2.14. The zero-order valence-corrected chi connectivity index (χ0v) is 13.8. The highest BCUT2D eigenvalue weighted by molar-refractivity contribution is 7.16. The minimum atomic E-state index is -0.120. The van der Waals surface area contributed by atoms with Crippen molar-refractivity contribution in [2.45, 2.75) is 20.4 Å². The molecule has 0 aliphatic rings. The molecule has 0 unspecified atom stereocenters. The number of nitrogens with zero attached hydrogens (tertiary/aromatic N) is 3. The summed E-state index contributed by atoms with van der Waals surface area (Å²) in [6.07, 6.45) is 0. The fourth-order valence-electron chi connectivity index (χ4n) is 1.91. The topological polar surface area (TPSA) is 69.0 Å². The molecule has 5 nitrogen and oxygen atoms in total. The van der Waals surface area contributed by atoms with Gasteiger partial charge in [-0.25, -0.2) is 4.98 Å². The third-order valence-corrected chi connectivity index (χ3v) is 4.84. The van der Waals surface area contributed by atoms with Crippen LogP contribution in [0.2, 0.25) is 0 Å². The van der Waals surface area contributed by atoms with E-state index < -0.39 is 0 Å². The van der Waals surface area contributed by atoms with Gasteiger partial charge >= 0.3 is 0 Å². The summed E-state index contributed by atoms with van der Waals surface area (Å²) in [7, 11) is 1.87. The highest BCUT2D eigenvalue weighted by Gasteiger charge is 2.15. The number of thiazole rings is 1. The van der Waals surface area contributed by atoms with Gasteiger partial charge in [-0.05, 0) is 26.5 Å². The highest BCUT2D eigenvalue weighted by Crippen LogP contribution is 2.31. The van der Waals surface area contributed by atoms with Crippen molar-refractivity contribution in [2.24, 2.45) is 0 Å². The second-order valence-electron chi connectivity index (χ2n) is 4.80. The molecular weight excluding hydrogens is 304 g/mol. The molecule has 0 fully saturated rings. The van der Waals surface area contributed by atoms with Crippen LogP contribution in [0, 0.1) is 25.2 Å². The van der Waals surface area contributed by atoms with E-state index in [0.717, 1.165) is 16.1 Å². The molecule has 1 amide bonds. The number of amides is 1. The van der Waals surface area contributed by atoms with Gasteiger partial charge in [0.15, 0.2) is 0 Å². The standard InChI is InChI=1S/C14H16N4OS2/c1-9-10(2)21-14(12(9)4-15)17-13(19)6-18(3)5-11-7-20-8-16-11/h7-8H,5-6H2,1-3H3,(H,17,19). The summed E-state index contributed by atoms with van der Waals surface area (Å²) in [6.45, 7) is 4.74. The molecule has 0 radical (unpaired) electrons. The zero-order chi connectivity index (χ0) is 15.4. The molecule has 2 rings (SSSR count). The number of thiophene rings is 1. The summed E-state index contributed by atoms with van der Waals surface area (Å²) in [4.78, 5) is 19.2. The van der Waals surface area contributed by atoms with Gasteiger partial charge in [0, 0.05) is 16.8 Å². The number of carbonyl (C=O) groups excluding carboxylic acids is 1. The lowest BCUT2D eigenvalue weighted by Crippen LogP contribution is -2.29. The van der Waals surface area contributed by atoms with Gasteiger partial charge in [-0.2, -0.15) is 5.26 Å². The number of rotatable bonds is 5. The van der Waals surface area contributed by atoms with E-state index in [1.165, 1.54) is 22.7 Å². The molecule has 0 saturated carbocycles. The van der Waals surface area contributed by atoms with E-state index in [0.29, 0.717) is 17.1 Å². The summed E-state index contributed by atoms with van der Waals surface area (Å²) >= 11 is 2.98. The minimum absolute atomic E-state index is 0.120. The SMILES string of the molecule is Cc1sc(NC(=O)CN(C)Cc2cscn2)c(C#N)c1C. The maximum atomic E-state index is 12.1. The normalized spacial score (nSPS) is 10.6. The molecule has 0 atom stereocenters. The molecule has 2 heterocycles. The van der Waals surface area contributed by atoms with Crippen molar-refractivity contribution in [3.8, 4) is 6.07 Å². The Morgan fingerprint density at radius 2 is 2.29 bits per heavy atom. The number of likely N-dealkylation sites (N-methyl/N-ethyl adjacent to an activating group) is 1. The molecule has 21 heavy (non-hydrogen) atoms. The Bertz CT molecular complexity index is 670. The Balaban J connectivity index is 1.96. The molecule has 7 heteroatoms. The van der Waals surface area contributed by atoms with E-state index in [1.54, 1.807) is 5.51 Å². The number of carbonyl (C=O) groups is 1. The van der Waals surface area contributed by atoms with Crippen molar-refractivity contribution in [3.63, 3.8) is 0 Å². The van der Waals surface area contributed by atoms with Crippen LogP contribution in [0.4, 0.5) is 5.00 Å². The Labute approximate surface area is 131 Å². The van der Waals surface area contributed by atoms with E-state index in [1.807, 2.05) is 31.2 Å². The van der Waals surface area contributed by atoms with Crippen LogP contribution in [0.5, 0.6) is 0 Å². The van der Waals surface area contributed by atoms with Crippen molar-refractivity contribution in [1.82, 2.24) is 9.88 Å². The lowest BCUT2D eigenvalue weighted by molar-refractivity contribution is -0.117. The first-order chi connectivity index (χ1) is 10.0. The maximum Gasteiger partial charge on any atom is 0.239 e. The number of hydrogen-bond acceptors (Lipinski definition) is 6. The Morgan fingerprint density at radius 3 is 2.90 bits per heavy atom. The first kappa shape index (κ1) is 15.6. The Kier molecular flexibility index (Phi) is 5.07. The average Bonchev–Trinajstić information content (AvgIpc) is 2.99. The van der Waals surface area contributed by atoms with Gasteiger partial charge in [-0.15, -0.1) is 22.7 Å². The van der Waals surface area contributed by atoms with E-state index in [2.05, 4.69) is 16.4 Å². The fraction of sp³-hybridized carbons (Fsp3) is 0.357. The molecule has 0 bridgehead atoms. The molecule has 0 saturated heterocycles. The highest BCUT2D eigenvalue weighted by atomic mass is 32.1. The zero-order valence-electron chi connectivity index (χ0n) is 12.1. The lowest BCUT2D eigenvalue weighted by atomic mass is 10.2. The second kappa shape index (κ2) is 6.80. The summed E-state index contributed by atoms with van der Waals surface area (Å²) in [5.74, 6) is -0.120. The number of nitrogens with one attached hydrogen (secondary N) is 1. The van der Waals surface area contributed by atoms with Crippen molar-refractivity contribution in [3.05, 3.63) is 32.6 Å². The van der Waals surface area contributed by atoms with Crippen LogP contribution in [0.25, 0.3) is 0 Å². The molecule has 0 spiro atoms. The molecule has 2 aromatic rings. The summed E-state index contributed by atoms with van der Waals surface area (Å²) in [5, 5.41) is 14.6. The number of aryl methyl sites for hydroxylation is 1. The predicted molar refractivity (Wildman–Crippen MR) is 85.6 cm³/mol. The predicted octanol–water partition coefficient (Wildman–Crippen LogP) is 2.76. The molecule has 110 valence electrons. The monoisotopic (exact) mass is 320 g/mol. The van der Waals surface area contributed by atoms with Gasteiger partial charge in [0.25, 0.3) is 0 Å². The quantitative estimate of drug-likeness (QED) is 0.919. The summed E-state index contributed by atoms with van der Waals surface area (Å²) in [6, 6.07) is 2.15. The van der Waals surface area contributed by atoms with Gasteiger partial charge in [0.1, 0.15) is 11.1 Å². The van der Waals surface area contributed by atoms with Gasteiger partial charge < -0.3 is 5.32 Å². The van der Waals surface area contributed by atoms with Crippen LogP contribution in [-0.4, -0.2) is 29.4 Å². The average molecular weight is 320 g/mol. The van der Waals surface area contributed by atoms with E-state index in [4.69, 9.17) is 5.26 Å². The van der Waals surface area contributed by atoms with Crippen molar-refractivity contribution in [2.75, 3.05) is 18.9 Å². The minimum Gasteiger partial charge on any atom is -0.315 e. The van der Waals surface area contributed by atoms with Crippen LogP contribution in [0.3, 0.4) is 0 Å². The Hall–Kier alpha value is -1.75. The van der Waals surface area contributed by atoms with E-state index in [9.17, 15) is 4.79 Å². The van der Waals surface area contributed by atoms with E-state index in [-0.39, 0.29) is 12.5 Å². The van der Waals surface area contributed by atoms with Crippen molar-refractivity contribution < 1.29 is 4.79 Å². The van der Waals surface area contributed by atoms with Gasteiger partial charge in [-0.3, -0.25) is 9.69 Å². The number of hydrogen-bond donors (Lipinski definition) is 1. The summed E-state index contributed by atoms with van der Waals surface area (Å²) < 4.78 is 0. The van der Waals surface area contributed by atoms with Crippen LogP contribution >= 0.6 is 22.7 Å². The maximum absolute atomic E-state index is 12.1. The molecule has 1 N–H and O–H groups in total. The summed E-state index contributed by atoms with van der Waals surface area (Å²) in [5.41, 5.74) is 4.23. The van der Waals surface area contributed by atoms with Crippen LogP contribution in [0.15, 0.2) is 10.9 Å². The third kappa shape index (κ3) is 3.88. The molecule has 0 aliphatic carbocycles. The molecule has 0 aliphatic heterocycles. The third-order valence-electron chi connectivity index (χ3n) is 3.08. The van der Waals surface area contributed by atoms with Gasteiger partial charge in [-0.1, -0.05) is 0 Å². The Morgan fingerprint density at radius 1 is 1.52 bits per heavy atom. The second-order valence-corrected chi connectivity index (χ2v) is 6.74. The number of nitriles is 1. The number of aromatic nitrogens is 1. The number of anilines is 1. The first-order valence-electron chi connectivity index (χ1n) is 6.36. The fourth-order valence-corrected chi connectivity index (χ4v) is 3.49. The van der Waals surface area contributed by atoms with Crippen molar-refractivity contribution >= 4 is 33.6 Å². The van der Waals surface area contributed by atoms with Gasteiger partial charge in [0.05, 0.1) is 23.3 Å². The van der Waals surface area contributed by atoms with Crippen molar-refractivity contribution in [1.29, 1.82) is 5.26 Å². The van der Waals surface area contributed by atoms with Crippen LogP contribution in [-0.2, 0) is 11.3 Å². The molecular formula is C14H16N4OS2. The van der Waals surface area contributed by atoms with Crippen LogP contribution < -0.4 is 5.32 Å². The first-order valence-corrected chi connectivity index (χ1v) is 8.12. The molecule has 2 aromatic heterocycles. The smallest absolute Gasteiger partial charge is 0.239 e.